The maximum Gasteiger partial charge on any atom is 0.244 e. The normalized spacial score (nSPS) is 11.8. The van der Waals surface area contributed by atoms with Gasteiger partial charge in [0.1, 0.15) is 18.1 Å². The smallest absolute Gasteiger partial charge is 0.244 e. The molecule has 0 aliphatic rings. The average Bonchev–Trinajstić information content (AvgIpc) is 2.77. The summed E-state index contributed by atoms with van der Waals surface area (Å²) in [5.74, 6) is 1.29. The van der Waals surface area contributed by atoms with Crippen molar-refractivity contribution < 1.29 is 14.3 Å². The number of pyridine rings is 1. The van der Waals surface area contributed by atoms with Crippen molar-refractivity contribution in [2.24, 2.45) is 0 Å². The molecule has 1 heterocycles. The summed E-state index contributed by atoms with van der Waals surface area (Å²) < 4.78 is 12.0. The molecule has 30 heavy (non-hydrogen) atoms. The molecule has 6 heteroatoms. The van der Waals surface area contributed by atoms with E-state index in [1.807, 2.05) is 61.5 Å². The molecule has 5 nitrogen and oxygen atoms in total. The van der Waals surface area contributed by atoms with Crippen molar-refractivity contribution in [3.05, 3.63) is 94.2 Å². The number of carbonyl (C=O) groups excluding carboxylic acids is 1. The van der Waals surface area contributed by atoms with Crippen molar-refractivity contribution in [3.8, 4) is 11.5 Å². The summed E-state index contributed by atoms with van der Waals surface area (Å²) in [6, 6.07) is 17.0. The van der Waals surface area contributed by atoms with Gasteiger partial charge in [-0.1, -0.05) is 34.1 Å². The molecule has 154 valence electrons. The number of rotatable bonds is 8. The lowest BCUT2D eigenvalue weighted by molar-refractivity contribution is -0.117. The van der Waals surface area contributed by atoms with E-state index in [2.05, 4.69) is 26.2 Å². The molecule has 0 saturated heterocycles. The summed E-state index contributed by atoms with van der Waals surface area (Å²) in [7, 11) is 1.60. The van der Waals surface area contributed by atoms with Crippen LogP contribution in [0.3, 0.4) is 0 Å². The van der Waals surface area contributed by atoms with E-state index in [0.29, 0.717) is 12.4 Å². The van der Waals surface area contributed by atoms with Crippen LogP contribution in [0.5, 0.6) is 11.5 Å². The number of hydrogen-bond donors (Lipinski definition) is 1. The molecule has 1 N–H and O–H groups in total. The molecule has 1 aromatic heterocycles. The highest BCUT2D eigenvalue weighted by Gasteiger charge is 2.08. The molecular formula is C24H23BrN2O3. The molecule has 0 bridgehead atoms. The number of carbonyl (C=O) groups is 1. The van der Waals surface area contributed by atoms with E-state index in [-0.39, 0.29) is 11.9 Å². The van der Waals surface area contributed by atoms with Gasteiger partial charge < -0.3 is 14.8 Å². The number of aromatic nitrogens is 1. The monoisotopic (exact) mass is 466 g/mol. The van der Waals surface area contributed by atoms with E-state index in [1.165, 1.54) is 6.08 Å². The summed E-state index contributed by atoms with van der Waals surface area (Å²) >= 11 is 3.43. The molecule has 3 rings (SSSR count). The number of amides is 1. The Kier molecular flexibility index (Phi) is 7.63. The fourth-order valence-electron chi connectivity index (χ4n) is 2.85. The van der Waals surface area contributed by atoms with Crippen LogP contribution in [0.4, 0.5) is 0 Å². The predicted octanol–water partition coefficient (Wildman–Crippen LogP) is 5.32. The Bertz CT molecular complexity index is 1000. The van der Waals surface area contributed by atoms with Gasteiger partial charge in [0.05, 0.1) is 13.2 Å². The maximum absolute atomic E-state index is 12.3. The second-order valence-electron chi connectivity index (χ2n) is 6.67. The van der Waals surface area contributed by atoms with Crippen molar-refractivity contribution in [3.63, 3.8) is 0 Å². The molecule has 0 aliphatic carbocycles. The summed E-state index contributed by atoms with van der Waals surface area (Å²) in [6.45, 7) is 2.40. The van der Waals surface area contributed by atoms with Crippen LogP contribution in [0, 0.1) is 0 Å². The fourth-order valence-corrected chi connectivity index (χ4v) is 3.23. The third kappa shape index (κ3) is 6.19. The van der Waals surface area contributed by atoms with Gasteiger partial charge in [-0.25, -0.2) is 0 Å². The molecule has 0 saturated carbocycles. The Balaban J connectivity index is 1.55. The first-order valence-corrected chi connectivity index (χ1v) is 10.3. The zero-order valence-electron chi connectivity index (χ0n) is 16.8. The Labute approximate surface area is 184 Å². The Morgan fingerprint density at radius 2 is 2.00 bits per heavy atom. The molecule has 1 amide bonds. The number of nitrogens with one attached hydrogen (secondary N) is 1. The quantitative estimate of drug-likeness (QED) is 0.456. The van der Waals surface area contributed by atoms with Gasteiger partial charge in [0.2, 0.25) is 5.91 Å². The predicted molar refractivity (Wildman–Crippen MR) is 121 cm³/mol. The summed E-state index contributed by atoms with van der Waals surface area (Å²) in [5, 5.41) is 2.97. The molecule has 0 fully saturated rings. The van der Waals surface area contributed by atoms with Crippen molar-refractivity contribution in [2.45, 2.75) is 19.6 Å². The number of benzene rings is 2. The fraction of sp³-hybridized carbons (Fsp3) is 0.167. The first-order valence-electron chi connectivity index (χ1n) is 9.49. The van der Waals surface area contributed by atoms with Crippen molar-refractivity contribution in [2.75, 3.05) is 7.11 Å². The van der Waals surface area contributed by atoms with Gasteiger partial charge in [-0.3, -0.25) is 9.78 Å². The third-order valence-electron chi connectivity index (χ3n) is 4.47. The van der Waals surface area contributed by atoms with Crippen LogP contribution in [-0.2, 0) is 11.4 Å². The molecule has 1 unspecified atom stereocenters. The number of halogens is 1. The zero-order chi connectivity index (χ0) is 21.3. The minimum absolute atomic E-state index is 0.140. The van der Waals surface area contributed by atoms with Gasteiger partial charge in [0.25, 0.3) is 0 Å². The first kappa shape index (κ1) is 21.6. The van der Waals surface area contributed by atoms with E-state index < -0.39 is 0 Å². The van der Waals surface area contributed by atoms with Gasteiger partial charge in [-0.05, 0) is 55.0 Å². The van der Waals surface area contributed by atoms with E-state index >= 15 is 0 Å². The molecule has 2 aromatic carbocycles. The van der Waals surface area contributed by atoms with E-state index in [9.17, 15) is 4.79 Å². The highest BCUT2D eigenvalue weighted by Crippen LogP contribution is 2.24. The summed E-state index contributed by atoms with van der Waals surface area (Å²) in [5.41, 5.74) is 2.83. The standard InChI is InChI=1S/C24H23BrN2O3/c1-17(27-24(28)12-7-20-14-21(25)8-11-23(20)29-2)19-5-9-22(10-6-19)30-16-18-4-3-13-26-15-18/h3-15,17H,16H2,1-2H3,(H,27,28). The Morgan fingerprint density at radius 1 is 1.20 bits per heavy atom. The lowest BCUT2D eigenvalue weighted by Crippen LogP contribution is -2.24. The van der Waals surface area contributed by atoms with Crippen LogP contribution in [0.25, 0.3) is 6.08 Å². The number of ether oxygens (including phenoxy) is 2. The maximum atomic E-state index is 12.3. The van der Waals surface area contributed by atoms with Crippen LogP contribution in [0.15, 0.2) is 77.5 Å². The second-order valence-corrected chi connectivity index (χ2v) is 7.58. The Hall–Kier alpha value is -3.12. The average molecular weight is 467 g/mol. The van der Waals surface area contributed by atoms with Crippen LogP contribution in [-0.4, -0.2) is 18.0 Å². The second kappa shape index (κ2) is 10.6. The summed E-state index contributed by atoms with van der Waals surface area (Å²) in [4.78, 5) is 16.4. The van der Waals surface area contributed by atoms with Crippen molar-refractivity contribution in [1.29, 1.82) is 0 Å². The van der Waals surface area contributed by atoms with Gasteiger partial charge in [-0.15, -0.1) is 0 Å². The summed E-state index contributed by atoms with van der Waals surface area (Å²) in [6.07, 6.45) is 6.76. The largest absolute Gasteiger partial charge is 0.496 e. The van der Waals surface area contributed by atoms with Gasteiger partial charge in [0, 0.05) is 34.1 Å². The molecule has 3 aromatic rings. The van der Waals surface area contributed by atoms with Gasteiger partial charge >= 0.3 is 0 Å². The molecule has 0 spiro atoms. The highest BCUT2D eigenvalue weighted by atomic mass is 79.9. The zero-order valence-corrected chi connectivity index (χ0v) is 18.4. The SMILES string of the molecule is COc1ccc(Br)cc1C=CC(=O)NC(C)c1ccc(OCc2cccnc2)cc1. The lowest BCUT2D eigenvalue weighted by Gasteiger charge is -2.14. The molecule has 0 radical (unpaired) electrons. The lowest BCUT2D eigenvalue weighted by atomic mass is 10.1. The van der Waals surface area contributed by atoms with Crippen LogP contribution in [0.2, 0.25) is 0 Å². The van der Waals surface area contributed by atoms with Crippen LogP contribution < -0.4 is 14.8 Å². The number of nitrogens with zero attached hydrogens (tertiary/aromatic N) is 1. The Morgan fingerprint density at radius 3 is 2.70 bits per heavy atom. The number of methoxy groups -OCH3 is 1. The van der Waals surface area contributed by atoms with E-state index in [4.69, 9.17) is 9.47 Å². The first-order chi connectivity index (χ1) is 14.5. The highest BCUT2D eigenvalue weighted by molar-refractivity contribution is 9.10. The van der Waals surface area contributed by atoms with Gasteiger partial charge in [0.15, 0.2) is 0 Å². The molecule has 0 aliphatic heterocycles. The topological polar surface area (TPSA) is 60.5 Å². The minimum Gasteiger partial charge on any atom is -0.496 e. The molecule has 1 atom stereocenters. The number of hydrogen-bond acceptors (Lipinski definition) is 4. The third-order valence-corrected chi connectivity index (χ3v) is 4.97. The van der Waals surface area contributed by atoms with E-state index in [1.54, 1.807) is 25.6 Å². The van der Waals surface area contributed by atoms with Crippen molar-refractivity contribution in [1.82, 2.24) is 10.3 Å². The van der Waals surface area contributed by atoms with Crippen LogP contribution >= 0.6 is 15.9 Å². The molecular weight excluding hydrogens is 444 g/mol. The van der Waals surface area contributed by atoms with Crippen molar-refractivity contribution >= 4 is 27.9 Å². The minimum atomic E-state index is -0.179. The van der Waals surface area contributed by atoms with Gasteiger partial charge in [-0.2, -0.15) is 0 Å². The van der Waals surface area contributed by atoms with Crippen LogP contribution in [0.1, 0.15) is 29.7 Å². The van der Waals surface area contributed by atoms with E-state index in [0.717, 1.165) is 26.9 Å².